The van der Waals surface area contributed by atoms with Crippen LogP contribution in [-0.2, 0) is 4.79 Å². The molecule has 4 N–H and O–H groups in total. The summed E-state index contributed by atoms with van der Waals surface area (Å²) in [5.41, 5.74) is -0.274. The Kier molecular flexibility index (Phi) is 4.95. The Morgan fingerprint density at radius 2 is 1.78 bits per heavy atom. The van der Waals surface area contributed by atoms with Gasteiger partial charge in [-0.15, -0.1) is 0 Å². The van der Waals surface area contributed by atoms with Crippen molar-refractivity contribution in [2.45, 2.75) is 63.6 Å². The molecule has 0 bridgehead atoms. The molecule has 0 radical (unpaired) electrons. The molecule has 1 fully saturated rings. The summed E-state index contributed by atoms with van der Waals surface area (Å²) < 4.78 is 0. The van der Waals surface area contributed by atoms with E-state index in [0.29, 0.717) is 0 Å². The number of carboxylic acids is 1. The van der Waals surface area contributed by atoms with Crippen LogP contribution < -0.4 is 10.6 Å². The molecule has 0 spiro atoms. The zero-order chi connectivity index (χ0) is 13.8. The standard InChI is InChI=1S/C12H22N2O4/c1-8(15)9(10(16)17)13-11(18)14-12(2)6-4-3-5-7-12/h8-9,15H,3-7H2,1-2H3,(H,16,17)(H2,13,14,18)/t8-,9+/m1/s1. The maximum absolute atomic E-state index is 11.7. The van der Waals surface area contributed by atoms with Gasteiger partial charge >= 0.3 is 12.0 Å². The number of carbonyl (C=O) groups is 2. The van der Waals surface area contributed by atoms with Gasteiger partial charge in [0.25, 0.3) is 0 Å². The van der Waals surface area contributed by atoms with Crippen LogP contribution in [-0.4, -0.2) is 39.9 Å². The lowest BCUT2D eigenvalue weighted by molar-refractivity contribution is -0.141. The zero-order valence-corrected chi connectivity index (χ0v) is 10.9. The van der Waals surface area contributed by atoms with E-state index in [9.17, 15) is 14.7 Å². The molecule has 1 aliphatic rings. The predicted molar refractivity (Wildman–Crippen MR) is 66.3 cm³/mol. The summed E-state index contributed by atoms with van der Waals surface area (Å²) in [5.74, 6) is -1.24. The van der Waals surface area contributed by atoms with Crippen LogP contribution in [0.5, 0.6) is 0 Å². The third-order valence-electron chi connectivity index (χ3n) is 3.41. The van der Waals surface area contributed by atoms with Crippen LogP contribution in [0.1, 0.15) is 46.0 Å². The molecule has 2 atom stereocenters. The number of rotatable bonds is 4. The maximum Gasteiger partial charge on any atom is 0.328 e. The van der Waals surface area contributed by atoms with Crippen LogP contribution in [0, 0.1) is 0 Å². The molecule has 1 aliphatic carbocycles. The Morgan fingerprint density at radius 3 is 2.22 bits per heavy atom. The van der Waals surface area contributed by atoms with Crippen molar-refractivity contribution in [2.75, 3.05) is 0 Å². The van der Waals surface area contributed by atoms with Crippen molar-refractivity contribution in [1.29, 1.82) is 0 Å². The fourth-order valence-corrected chi connectivity index (χ4v) is 2.30. The highest BCUT2D eigenvalue weighted by atomic mass is 16.4. The summed E-state index contributed by atoms with van der Waals surface area (Å²) in [6, 6.07) is -1.81. The van der Waals surface area contributed by atoms with Gasteiger partial charge < -0.3 is 20.8 Å². The van der Waals surface area contributed by atoms with Crippen LogP contribution >= 0.6 is 0 Å². The summed E-state index contributed by atoms with van der Waals surface area (Å²) in [7, 11) is 0. The van der Waals surface area contributed by atoms with E-state index in [1.807, 2.05) is 6.92 Å². The van der Waals surface area contributed by atoms with Gasteiger partial charge in [-0.2, -0.15) is 0 Å². The molecule has 0 unspecified atom stereocenters. The fourth-order valence-electron chi connectivity index (χ4n) is 2.30. The van der Waals surface area contributed by atoms with E-state index in [-0.39, 0.29) is 5.54 Å². The number of carboxylic acid groups (broad SMARTS) is 1. The number of nitrogens with one attached hydrogen (secondary N) is 2. The van der Waals surface area contributed by atoms with Gasteiger partial charge in [0.2, 0.25) is 0 Å². The first kappa shape index (κ1) is 14.8. The van der Waals surface area contributed by atoms with Gasteiger partial charge in [-0.05, 0) is 26.7 Å². The second kappa shape index (κ2) is 6.04. The number of aliphatic hydroxyl groups is 1. The van der Waals surface area contributed by atoms with E-state index < -0.39 is 24.1 Å². The van der Waals surface area contributed by atoms with Crippen molar-refractivity contribution in [3.8, 4) is 0 Å². The van der Waals surface area contributed by atoms with Crippen molar-refractivity contribution in [3.63, 3.8) is 0 Å². The summed E-state index contributed by atoms with van der Waals surface area (Å²) in [4.78, 5) is 22.6. The highest BCUT2D eigenvalue weighted by Gasteiger charge is 2.31. The number of carbonyl (C=O) groups excluding carboxylic acids is 1. The van der Waals surface area contributed by atoms with Gasteiger partial charge in [0.05, 0.1) is 6.10 Å². The average Bonchev–Trinajstić information content (AvgIpc) is 2.25. The summed E-state index contributed by atoms with van der Waals surface area (Å²) >= 11 is 0. The lowest BCUT2D eigenvalue weighted by atomic mass is 9.83. The number of urea groups is 1. The largest absolute Gasteiger partial charge is 0.480 e. The quantitative estimate of drug-likeness (QED) is 0.600. The SMILES string of the molecule is C[C@@H](O)[C@H](NC(=O)NC1(C)CCCCC1)C(=O)O. The number of aliphatic hydroxyl groups excluding tert-OH is 1. The van der Waals surface area contributed by atoms with E-state index in [1.54, 1.807) is 0 Å². The van der Waals surface area contributed by atoms with Crippen LogP contribution in [0.25, 0.3) is 0 Å². The molecule has 1 saturated carbocycles. The van der Waals surface area contributed by atoms with Crippen LogP contribution in [0.15, 0.2) is 0 Å². The van der Waals surface area contributed by atoms with Crippen molar-refractivity contribution >= 4 is 12.0 Å². The molecule has 18 heavy (non-hydrogen) atoms. The third kappa shape index (κ3) is 4.18. The van der Waals surface area contributed by atoms with E-state index in [4.69, 9.17) is 5.11 Å². The molecule has 2 amide bonds. The monoisotopic (exact) mass is 258 g/mol. The number of hydrogen-bond acceptors (Lipinski definition) is 3. The van der Waals surface area contributed by atoms with Gasteiger partial charge in [-0.25, -0.2) is 9.59 Å². The summed E-state index contributed by atoms with van der Waals surface area (Å²) in [6.07, 6.45) is 3.96. The smallest absolute Gasteiger partial charge is 0.328 e. The van der Waals surface area contributed by atoms with Crippen LogP contribution in [0.4, 0.5) is 4.79 Å². The highest BCUT2D eigenvalue weighted by molar-refractivity contribution is 5.83. The topological polar surface area (TPSA) is 98.7 Å². The van der Waals surface area contributed by atoms with E-state index in [2.05, 4.69) is 10.6 Å². The highest BCUT2D eigenvalue weighted by Crippen LogP contribution is 2.27. The van der Waals surface area contributed by atoms with Gasteiger partial charge in [-0.1, -0.05) is 19.3 Å². The van der Waals surface area contributed by atoms with Crippen molar-refractivity contribution in [1.82, 2.24) is 10.6 Å². The minimum atomic E-state index is -1.28. The van der Waals surface area contributed by atoms with E-state index >= 15 is 0 Å². The lowest BCUT2D eigenvalue weighted by Crippen LogP contribution is -2.56. The minimum Gasteiger partial charge on any atom is -0.480 e. The zero-order valence-electron chi connectivity index (χ0n) is 10.9. The first-order valence-corrected chi connectivity index (χ1v) is 6.34. The molecule has 0 saturated heterocycles. The fraction of sp³-hybridized carbons (Fsp3) is 0.833. The Balaban J connectivity index is 2.52. The molecule has 6 nitrogen and oxygen atoms in total. The molecular weight excluding hydrogens is 236 g/mol. The number of hydrogen-bond donors (Lipinski definition) is 4. The summed E-state index contributed by atoms with van der Waals surface area (Å²) in [6.45, 7) is 3.30. The molecule has 0 aromatic rings. The normalized spacial score (nSPS) is 21.7. The number of aliphatic carboxylic acids is 1. The Bertz CT molecular complexity index is 311. The summed E-state index contributed by atoms with van der Waals surface area (Å²) in [5, 5.41) is 23.2. The average molecular weight is 258 g/mol. The molecular formula is C12H22N2O4. The van der Waals surface area contributed by atoms with Gasteiger partial charge in [0.1, 0.15) is 0 Å². The van der Waals surface area contributed by atoms with Crippen LogP contribution in [0.3, 0.4) is 0 Å². The van der Waals surface area contributed by atoms with Crippen molar-refractivity contribution in [3.05, 3.63) is 0 Å². The van der Waals surface area contributed by atoms with Gasteiger partial charge in [0.15, 0.2) is 6.04 Å². The third-order valence-corrected chi connectivity index (χ3v) is 3.41. The van der Waals surface area contributed by atoms with Crippen molar-refractivity contribution in [2.24, 2.45) is 0 Å². The van der Waals surface area contributed by atoms with Gasteiger partial charge in [0, 0.05) is 5.54 Å². The van der Waals surface area contributed by atoms with Crippen molar-refractivity contribution < 1.29 is 19.8 Å². The van der Waals surface area contributed by atoms with Gasteiger partial charge in [-0.3, -0.25) is 0 Å². The van der Waals surface area contributed by atoms with E-state index in [0.717, 1.165) is 25.7 Å². The molecule has 104 valence electrons. The Morgan fingerprint density at radius 1 is 1.22 bits per heavy atom. The van der Waals surface area contributed by atoms with Crippen LogP contribution in [0.2, 0.25) is 0 Å². The van der Waals surface area contributed by atoms with E-state index in [1.165, 1.54) is 13.3 Å². The Hall–Kier alpha value is -1.30. The predicted octanol–water partition coefficient (Wildman–Crippen LogP) is 0.842. The molecule has 0 aliphatic heterocycles. The Labute approximate surface area is 107 Å². The minimum absolute atomic E-state index is 0.274. The number of amides is 2. The first-order chi connectivity index (χ1) is 8.34. The second-order valence-electron chi connectivity index (χ2n) is 5.28. The first-order valence-electron chi connectivity index (χ1n) is 6.34. The maximum atomic E-state index is 11.7. The molecule has 6 heteroatoms. The molecule has 1 rings (SSSR count). The molecule has 0 aromatic carbocycles. The second-order valence-corrected chi connectivity index (χ2v) is 5.28. The molecule has 0 heterocycles. The lowest BCUT2D eigenvalue weighted by Gasteiger charge is -2.35. The molecule has 0 aromatic heterocycles.